The van der Waals surface area contributed by atoms with Crippen molar-refractivity contribution in [1.82, 2.24) is 36.1 Å². The second-order valence-corrected chi connectivity index (χ2v) is 14.5. The monoisotopic (exact) mass is 730 g/mol. The number of hydrogen-bond donors (Lipinski definition) is 9. The van der Waals surface area contributed by atoms with E-state index >= 15 is 0 Å². The van der Waals surface area contributed by atoms with Gasteiger partial charge in [-0.1, -0.05) is 20.8 Å². The Balaban J connectivity index is 2.17. The molecule has 282 valence electrons. The van der Waals surface area contributed by atoms with Crippen LogP contribution in [0.4, 0.5) is 0 Å². The van der Waals surface area contributed by atoms with Crippen molar-refractivity contribution in [3.05, 3.63) is 18.2 Å². The van der Waals surface area contributed by atoms with Crippen LogP contribution in [0.5, 0.6) is 0 Å². The molecule has 10 N–H and O–H groups in total. The first-order valence-corrected chi connectivity index (χ1v) is 18.2. The van der Waals surface area contributed by atoms with E-state index in [-0.39, 0.29) is 50.9 Å². The first-order chi connectivity index (χ1) is 23.4. The van der Waals surface area contributed by atoms with Gasteiger partial charge in [-0.15, -0.1) is 0 Å². The summed E-state index contributed by atoms with van der Waals surface area (Å²) in [4.78, 5) is 105. The van der Waals surface area contributed by atoms with Crippen molar-refractivity contribution in [2.24, 2.45) is 17.6 Å². The molecule has 20 heteroatoms. The third-order valence-corrected chi connectivity index (χ3v) is 9.03. The van der Waals surface area contributed by atoms with E-state index in [0.29, 0.717) is 25.1 Å². The van der Waals surface area contributed by atoms with Gasteiger partial charge >= 0.3 is 7.60 Å². The largest absolute Gasteiger partial charge is 0.394 e. The van der Waals surface area contributed by atoms with Crippen LogP contribution in [0.25, 0.3) is 0 Å². The highest BCUT2D eigenvalue weighted by Gasteiger charge is 2.37. The SMILES string of the molecule is CC(C)C[C@H](NC(=O)[C@@H]1CCCN1C(=O)CCOCCO)C(=O)N[C@@H](Cc1cnc[nH]1)C(=O)N[C@@H](C)C(=O)N[C@H](C(N)=O)[C@@H](C)CP(=O)(O)O. The summed E-state index contributed by atoms with van der Waals surface area (Å²) in [6, 6.07) is -5.88. The summed E-state index contributed by atoms with van der Waals surface area (Å²) in [6.45, 7) is 6.69. The molecule has 2 rings (SSSR count). The lowest BCUT2D eigenvalue weighted by Gasteiger charge is -2.28. The molecule has 0 aromatic carbocycles. The van der Waals surface area contributed by atoms with Crippen LogP contribution in [0.15, 0.2) is 12.5 Å². The Hall–Kier alpha value is -3.90. The van der Waals surface area contributed by atoms with Gasteiger partial charge in [0.2, 0.25) is 35.4 Å². The van der Waals surface area contributed by atoms with Crippen LogP contribution in [0.3, 0.4) is 0 Å². The molecule has 1 fully saturated rings. The molecule has 0 saturated carbocycles. The molecule has 6 amide bonds. The molecule has 0 spiro atoms. The Morgan fingerprint density at radius 2 is 1.70 bits per heavy atom. The molecule has 0 bridgehead atoms. The number of aromatic nitrogens is 2. The summed E-state index contributed by atoms with van der Waals surface area (Å²) in [7, 11) is -4.54. The van der Waals surface area contributed by atoms with Gasteiger partial charge in [0.15, 0.2) is 0 Å². The lowest BCUT2D eigenvalue weighted by atomic mass is 10.0. The molecule has 1 aromatic heterocycles. The third kappa shape index (κ3) is 14.1. The topological polar surface area (TPSA) is 295 Å². The van der Waals surface area contributed by atoms with Crippen molar-refractivity contribution in [3.63, 3.8) is 0 Å². The highest BCUT2D eigenvalue weighted by Crippen LogP contribution is 2.37. The van der Waals surface area contributed by atoms with Crippen LogP contribution in [-0.2, 0) is 44.5 Å². The Morgan fingerprint density at radius 3 is 2.28 bits per heavy atom. The minimum Gasteiger partial charge on any atom is -0.394 e. The molecule has 1 aliphatic rings. The number of nitrogens with one attached hydrogen (secondary N) is 5. The molecule has 0 aliphatic carbocycles. The number of rotatable bonds is 21. The molecule has 6 atom stereocenters. The highest BCUT2D eigenvalue weighted by atomic mass is 31.2. The van der Waals surface area contributed by atoms with Gasteiger partial charge in [0, 0.05) is 24.9 Å². The van der Waals surface area contributed by atoms with E-state index in [1.807, 2.05) is 13.8 Å². The van der Waals surface area contributed by atoms with Gasteiger partial charge in [0.25, 0.3) is 0 Å². The number of likely N-dealkylation sites (tertiary alicyclic amines) is 1. The fourth-order valence-corrected chi connectivity index (χ4v) is 6.47. The molecule has 0 unspecified atom stereocenters. The van der Waals surface area contributed by atoms with E-state index < -0.39 is 79.4 Å². The number of amides is 6. The number of H-pyrrole nitrogens is 1. The van der Waals surface area contributed by atoms with Crippen molar-refractivity contribution >= 4 is 43.0 Å². The first-order valence-electron chi connectivity index (χ1n) is 16.4. The number of imidazole rings is 1. The smallest absolute Gasteiger partial charge is 0.325 e. The molecule has 0 radical (unpaired) electrons. The number of aromatic amines is 1. The van der Waals surface area contributed by atoms with Gasteiger partial charge in [0.1, 0.15) is 30.2 Å². The lowest BCUT2D eigenvalue weighted by Crippen LogP contribution is -2.59. The quantitative estimate of drug-likeness (QED) is 0.0475. The van der Waals surface area contributed by atoms with Crippen LogP contribution in [0.1, 0.15) is 59.1 Å². The summed E-state index contributed by atoms with van der Waals surface area (Å²) in [5, 5.41) is 19.1. The number of carbonyl (C=O) groups is 6. The fourth-order valence-electron chi connectivity index (χ4n) is 5.51. The van der Waals surface area contributed by atoms with E-state index in [4.69, 9.17) is 15.6 Å². The predicted octanol–water partition coefficient (Wildman–Crippen LogP) is -2.35. The van der Waals surface area contributed by atoms with Crippen LogP contribution < -0.4 is 27.0 Å². The zero-order valence-corrected chi connectivity index (χ0v) is 29.7. The van der Waals surface area contributed by atoms with E-state index in [2.05, 4.69) is 31.2 Å². The maximum absolute atomic E-state index is 13.7. The maximum Gasteiger partial charge on any atom is 0.325 e. The van der Waals surface area contributed by atoms with Crippen molar-refractivity contribution in [2.75, 3.05) is 32.5 Å². The second-order valence-electron chi connectivity index (χ2n) is 12.8. The Kier molecular flexibility index (Phi) is 17.0. The summed E-state index contributed by atoms with van der Waals surface area (Å²) < 4.78 is 16.6. The summed E-state index contributed by atoms with van der Waals surface area (Å²) in [6.07, 6.45) is 3.22. The number of ether oxygens (including phenoxy) is 1. The predicted molar refractivity (Wildman–Crippen MR) is 178 cm³/mol. The molecule has 1 saturated heterocycles. The van der Waals surface area contributed by atoms with Gasteiger partial charge in [-0.25, -0.2) is 4.98 Å². The number of aliphatic hydroxyl groups is 1. The number of aliphatic hydroxyl groups excluding tert-OH is 1. The Bertz CT molecular complexity index is 1360. The number of primary amides is 1. The third-order valence-electron chi connectivity index (χ3n) is 7.97. The van der Waals surface area contributed by atoms with Gasteiger partial charge < -0.3 is 56.5 Å². The summed E-state index contributed by atoms with van der Waals surface area (Å²) in [5.74, 6) is -5.28. The van der Waals surface area contributed by atoms with E-state index in [0.717, 1.165) is 0 Å². The molecule has 1 aliphatic heterocycles. The normalized spacial score (nSPS) is 17.7. The van der Waals surface area contributed by atoms with Gasteiger partial charge in [0.05, 0.1) is 38.7 Å². The molecular formula is C30H51N8O11P. The Morgan fingerprint density at radius 1 is 1.02 bits per heavy atom. The van der Waals surface area contributed by atoms with Crippen LogP contribution in [0, 0.1) is 11.8 Å². The zero-order valence-electron chi connectivity index (χ0n) is 28.8. The van der Waals surface area contributed by atoms with Crippen molar-refractivity contribution < 1.29 is 53.0 Å². The van der Waals surface area contributed by atoms with Crippen LogP contribution in [-0.4, -0.2) is 128 Å². The molecule has 50 heavy (non-hydrogen) atoms. The van der Waals surface area contributed by atoms with Crippen molar-refractivity contribution in [3.8, 4) is 0 Å². The van der Waals surface area contributed by atoms with Gasteiger partial charge in [-0.05, 0) is 38.0 Å². The number of carbonyl (C=O) groups excluding carboxylic acids is 6. The second kappa shape index (κ2) is 20.1. The van der Waals surface area contributed by atoms with Gasteiger partial charge in [-0.2, -0.15) is 0 Å². The van der Waals surface area contributed by atoms with Crippen molar-refractivity contribution in [1.29, 1.82) is 0 Å². The van der Waals surface area contributed by atoms with Crippen LogP contribution >= 0.6 is 7.60 Å². The van der Waals surface area contributed by atoms with E-state index in [1.165, 1.54) is 31.3 Å². The Labute approximate surface area is 290 Å². The molecule has 19 nitrogen and oxygen atoms in total. The summed E-state index contributed by atoms with van der Waals surface area (Å²) >= 11 is 0. The molecule has 2 heterocycles. The average Bonchev–Trinajstić information content (AvgIpc) is 3.72. The summed E-state index contributed by atoms with van der Waals surface area (Å²) in [5.41, 5.74) is 5.83. The minimum absolute atomic E-state index is 0.0239. The molecular weight excluding hydrogens is 679 g/mol. The average molecular weight is 731 g/mol. The van der Waals surface area contributed by atoms with Crippen LogP contribution in [0.2, 0.25) is 0 Å². The number of hydrogen-bond acceptors (Lipinski definition) is 10. The number of nitrogens with zero attached hydrogens (tertiary/aromatic N) is 2. The highest BCUT2D eigenvalue weighted by molar-refractivity contribution is 7.51. The fraction of sp³-hybridized carbons (Fsp3) is 0.700. The maximum atomic E-state index is 13.7. The van der Waals surface area contributed by atoms with E-state index in [9.17, 15) is 43.1 Å². The zero-order chi connectivity index (χ0) is 37.6. The first kappa shape index (κ1) is 42.3. The van der Waals surface area contributed by atoms with E-state index in [1.54, 1.807) is 0 Å². The van der Waals surface area contributed by atoms with Gasteiger partial charge in [-0.3, -0.25) is 33.3 Å². The van der Waals surface area contributed by atoms with Crippen molar-refractivity contribution in [2.45, 2.75) is 90.0 Å². The number of nitrogens with two attached hydrogens (primary N) is 1. The standard InChI is InChI=1S/C30H51N8O11P/c1-17(2)12-21(36-30(45)23-6-5-8-38(23)24(40)7-10-49-11-9-39)29(44)35-22(13-20-14-32-16-33-20)28(43)34-19(4)27(42)37-25(26(31)41)18(3)15-50(46,47)48/h14,16-19,21-23,25,39H,5-13,15H2,1-4H3,(H2,31,41)(H,32,33)(H,34,43)(H,35,44)(H,36,45)(H,37,42)(H2,46,47,48)/t18-,19-,21-,22-,23-,25-/m0/s1. The molecule has 1 aromatic rings. The lowest BCUT2D eigenvalue weighted by molar-refractivity contribution is -0.140. The minimum atomic E-state index is -4.54.